The summed E-state index contributed by atoms with van der Waals surface area (Å²) >= 11 is 0. The third-order valence-corrected chi connectivity index (χ3v) is 5.44. The second kappa shape index (κ2) is 8.41. The van der Waals surface area contributed by atoms with E-state index in [1.165, 1.54) is 22.3 Å². The van der Waals surface area contributed by atoms with Gasteiger partial charge in [-0.25, -0.2) is 0 Å². The summed E-state index contributed by atoms with van der Waals surface area (Å²) in [6.45, 7) is 2.09. The Morgan fingerprint density at radius 1 is 0.581 bits per heavy atom. The molecule has 3 aromatic carbocycles. The van der Waals surface area contributed by atoms with Crippen LogP contribution in [0.3, 0.4) is 0 Å². The van der Waals surface area contributed by atoms with E-state index in [1.807, 2.05) is 24.3 Å². The van der Waals surface area contributed by atoms with Crippen molar-refractivity contribution in [3.05, 3.63) is 114 Å². The minimum absolute atomic E-state index is 0.524. The van der Waals surface area contributed by atoms with Gasteiger partial charge < -0.3 is 4.42 Å². The highest BCUT2D eigenvalue weighted by Gasteiger charge is 2.11. The first kappa shape index (κ1) is 19.0. The Balaban J connectivity index is 1.35. The van der Waals surface area contributed by atoms with E-state index in [9.17, 15) is 0 Å². The van der Waals surface area contributed by atoms with Crippen LogP contribution in [-0.4, -0.2) is 10.2 Å². The van der Waals surface area contributed by atoms with Crippen molar-refractivity contribution in [2.24, 2.45) is 0 Å². The van der Waals surface area contributed by atoms with Gasteiger partial charge in [-0.2, -0.15) is 0 Å². The quantitative estimate of drug-likeness (QED) is 0.360. The highest BCUT2D eigenvalue weighted by molar-refractivity contribution is 5.71. The van der Waals surface area contributed by atoms with Gasteiger partial charge in [0.05, 0.1) is 0 Å². The lowest BCUT2D eigenvalue weighted by Gasteiger charge is -2.05. The van der Waals surface area contributed by atoms with Gasteiger partial charge in [0, 0.05) is 11.1 Å². The van der Waals surface area contributed by atoms with Crippen LogP contribution in [0.1, 0.15) is 17.5 Å². The molecule has 0 fully saturated rings. The van der Waals surface area contributed by atoms with Gasteiger partial charge in [-0.1, -0.05) is 84.5 Å². The fourth-order valence-electron chi connectivity index (χ4n) is 3.63. The number of hydrogen-bond acceptors (Lipinski definition) is 3. The molecule has 0 amide bonds. The molecule has 1 aromatic heterocycles. The van der Waals surface area contributed by atoms with E-state index in [4.69, 9.17) is 4.42 Å². The summed E-state index contributed by atoms with van der Waals surface area (Å²) in [4.78, 5) is 0. The van der Waals surface area contributed by atoms with E-state index in [2.05, 4.69) is 96.0 Å². The van der Waals surface area contributed by atoms with Gasteiger partial charge in [0.1, 0.15) is 0 Å². The molecular formula is C28H22N2O. The Hall–Kier alpha value is -3.98. The summed E-state index contributed by atoms with van der Waals surface area (Å²) < 4.78 is 5.96. The Labute approximate surface area is 182 Å². The largest absolute Gasteiger partial charge is 0.416 e. The Bertz CT molecular complexity index is 1270. The van der Waals surface area contributed by atoms with Gasteiger partial charge in [0.2, 0.25) is 11.8 Å². The molecule has 150 valence electrons. The fraction of sp³-hybridized carbons (Fsp3) is 0.0714. The van der Waals surface area contributed by atoms with Crippen LogP contribution in [0.5, 0.6) is 0 Å². The predicted molar refractivity (Wildman–Crippen MR) is 126 cm³/mol. The number of hydrogen-bond donors (Lipinski definition) is 0. The maximum absolute atomic E-state index is 5.96. The van der Waals surface area contributed by atoms with Crippen LogP contribution in [-0.2, 0) is 0 Å². The van der Waals surface area contributed by atoms with Crippen LogP contribution in [0.2, 0.25) is 0 Å². The Morgan fingerprint density at radius 3 is 1.71 bits per heavy atom. The predicted octanol–water partition coefficient (Wildman–Crippen LogP) is 7.28. The molecule has 3 nitrogen and oxygen atoms in total. The van der Waals surface area contributed by atoms with Gasteiger partial charge in [-0.3, -0.25) is 0 Å². The zero-order chi connectivity index (χ0) is 21.0. The van der Waals surface area contributed by atoms with E-state index in [1.54, 1.807) is 0 Å². The number of nitrogens with zero attached hydrogens (tertiary/aromatic N) is 2. The first-order chi connectivity index (χ1) is 15.3. The van der Waals surface area contributed by atoms with Gasteiger partial charge >= 0.3 is 0 Å². The second-order valence-electron chi connectivity index (χ2n) is 7.64. The summed E-state index contributed by atoms with van der Waals surface area (Å²) in [6.07, 6.45) is 11.4. The molecule has 0 unspecified atom stereocenters. The van der Waals surface area contributed by atoms with Gasteiger partial charge in [-0.05, 0) is 59.9 Å². The fourth-order valence-corrected chi connectivity index (χ4v) is 3.63. The van der Waals surface area contributed by atoms with Crippen molar-refractivity contribution in [2.75, 3.05) is 0 Å². The van der Waals surface area contributed by atoms with Crippen molar-refractivity contribution in [2.45, 2.75) is 13.3 Å². The molecule has 0 atom stereocenters. The molecule has 0 saturated carbocycles. The van der Waals surface area contributed by atoms with E-state index >= 15 is 0 Å². The molecule has 0 saturated heterocycles. The average molecular weight is 402 g/mol. The van der Waals surface area contributed by atoms with Crippen molar-refractivity contribution in [3.8, 4) is 34.0 Å². The highest BCUT2D eigenvalue weighted by Crippen LogP contribution is 2.28. The van der Waals surface area contributed by atoms with E-state index < -0.39 is 0 Å². The number of allylic oxidation sites excluding steroid dienone is 6. The maximum Gasteiger partial charge on any atom is 0.248 e. The molecule has 5 rings (SSSR count). The number of rotatable bonds is 4. The molecule has 3 heteroatoms. The van der Waals surface area contributed by atoms with E-state index in [-0.39, 0.29) is 0 Å². The molecule has 0 radical (unpaired) electrons. The highest BCUT2D eigenvalue weighted by atomic mass is 16.4. The molecular weight excluding hydrogens is 380 g/mol. The third kappa shape index (κ3) is 4.17. The van der Waals surface area contributed by atoms with Crippen molar-refractivity contribution in [1.29, 1.82) is 0 Å². The van der Waals surface area contributed by atoms with Crippen LogP contribution in [0.25, 0.3) is 39.6 Å². The minimum atomic E-state index is 0.524. The Morgan fingerprint density at radius 2 is 1.10 bits per heavy atom. The van der Waals surface area contributed by atoms with Crippen molar-refractivity contribution in [1.82, 2.24) is 10.2 Å². The van der Waals surface area contributed by atoms with Crippen LogP contribution in [0, 0.1) is 6.92 Å². The lowest BCUT2D eigenvalue weighted by molar-refractivity contribution is 0.584. The maximum atomic E-state index is 5.96. The summed E-state index contributed by atoms with van der Waals surface area (Å²) in [7, 11) is 0. The van der Waals surface area contributed by atoms with Gasteiger partial charge in [0.15, 0.2) is 0 Å². The summed E-state index contributed by atoms with van der Waals surface area (Å²) in [5.41, 5.74) is 7.93. The molecule has 0 aliphatic heterocycles. The average Bonchev–Trinajstić information content (AvgIpc) is 3.15. The molecule has 4 aromatic rings. The van der Waals surface area contributed by atoms with Crippen LogP contribution in [0.4, 0.5) is 0 Å². The first-order valence-corrected chi connectivity index (χ1v) is 10.4. The number of benzene rings is 3. The zero-order valence-corrected chi connectivity index (χ0v) is 17.3. The lowest BCUT2D eigenvalue weighted by atomic mass is 10.0. The monoisotopic (exact) mass is 402 g/mol. The molecule has 1 aliphatic rings. The summed E-state index contributed by atoms with van der Waals surface area (Å²) in [5, 5.41) is 8.51. The molecule has 0 bridgehead atoms. The molecule has 1 aliphatic carbocycles. The number of aryl methyl sites for hydroxylation is 1. The van der Waals surface area contributed by atoms with Gasteiger partial charge in [-0.15, -0.1) is 10.2 Å². The second-order valence-corrected chi connectivity index (χ2v) is 7.64. The summed E-state index contributed by atoms with van der Waals surface area (Å²) in [6, 6.07) is 25.0. The Kier molecular flexibility index (Phi) is 5.16. The van der Waals surface area contributed by atoms with Crippen molar-refractivity contribution < 1.29 is 4.42 Å². The SMILES string of the molecule is Cc1ccc(-c2ccc(-c3nnc(-c4ccc(C5=CC=CC=CC5)cc4)o3)cc2)cc1. The smallest absolute Gasteiger partial charge is 0.248 e. The minimum Gasteiger partial charge on any atom is -0.416 e. The van der Waals surface area contributed by atoms with Crippen LogP contribution < -0.4 is 0 Å². The molecule has 0 N–H and O–H groups in total. The van der Waals surface area contributed by atoms with Crippen molar-refractivity contribution >= 4 is 5.57 Å². The molecule has 0 spiro atoms. The topological polar surface area (TPSA) is 38.9 Å². The zero-order valence-electron chi connectivity index (χ0n) is 17.3. The lowest BCUT2D eigenvalue weighted by Crippen LogP contribution is -1.84. The summed E-state index contributed by atoms with van der Waals surface area (Å²) in [5.74, 6) is 1.05. The first-order valence-electron chi connectivity index (χ1n) is 10.4. The number of aromatic nitrogens is 2. The van der Waals surface area contributed by atoms with E-state index in [0.29, 0.717) is 11.8 Å². The third-order valence-electron chi connectivity index (χ3n) is 5.44. The van der Waals surface area contributed by atoms with Crippen LogP contribution in [0.15, 0.2) is 108 Å². The normalized spacial score (nSPS) is 13.1. The van der Waals surface area contributed by atoms with Gasteiger partial charge in [0.25, 0.3) is 0 Å². The van der Waals surface area contributed by atoms with Crippen molar-refractivity contribution in [3.63, 3.8) is 0 Å². The molecule has 1 heterocycles. The van der Waals surface area contributed by atoms with Crippen LogP contribution >= 0.6 is 0 Å². The standard InChI is InChI=1S/C28H22N2O/c1-20-8-10-22(11-9-20)24-14-18-26(19-15-24)28-30-29-27(31-28)25-16-12-23(13-17-25)21-6-4-2-3-5-7-21/h2-6,8-19H,7H2,1H3. The molecule has 31 heavy (non-hydrogen) atoms. The van der Waals surface area contributed by atoms with E-state index in [0.717, 1.165) is 23.1 Å².